The number of ether oxygens (including phenoxy) is 2. The van der Waals surface area contributed by atoms with Gasteiger partial charge in [-0.15, -0.1) is 0 Å². The molecule has 0 aromatic carbocycles. The molecule has 12 nitrogen and oxygen atoms in total. The molecule has 218 valence electrons. The Morgan fingerprint density at radius 3 is 2.21 bits per heavy atom. The van der Waals surface area contributed by atoms with E-state index >= 15 is 0 Å². The highest BCUT2D eigenvalue weighted by atomic mass is 31.2. The Morgan fingerprint density at radius 1 is 1.18 bits per heavy atom. The third-order valence-electron chi connectivity index (χ3n) is 5.56. The first-order valence-corrected chi connectivity index (χ1v) is 15.8. The van der Waals surface area contributed by atoms with E-state index in [-0.39, 0.29) is 44.7 Å². The molecule has 15 heteroatoms. The van der Waals surface area contributed by atoms with Crippen LogP contribution >= 0.6 is 16.1 Å². The number of esters is 1. The molecule has 0 radical (unpaired) electrons. The summed E-state index contributed by atoms with van der Waals surface area (Å²) in [5.41, 5.74) is 0. The molecular formula is C23H44BN3O9P2. The van der Waals surface area contributed by atoms with Crippen LogP contribution < -0.4 is 5.32 Å². The molecular weight excluding hydrogens is 535 g/mol. The first-order valence-electron chi connectivity index (χ1n) is 13.0. The van der Waals surface area contributed by atoms with Gasteiger partial charge >= 0.3 is 13.6 Å². The van der Waals surface area contributed by atoms with Crippen LogP contribution in [0.4, 0.5) is 0 Å². The molecule has 1 rings (SSSR count). The molecule has 0 aromatic rings. The zero-order chi connectivity index (χ0) is 29.0. The molecule has 0 saturated carbocycles. The van der Waals surface area contributed by atoms with Gasteiger partial charge < -0.3 is 32.9 Å². The first kappa shape index (κ1) is 34.9. The average molecular weight is 579 g/mol. The lowest BCUT2D eigenvalue weighted by atomic mass is 9.94. The van der Waals surface area contributed by atoms with Crippen molar-refractivity contribution in [2.45, 2.75) is 110 Å². The predicted molar refractivity (Wildman–Crippen MR) is 146 cm³/mol. The van der Waals surface area contributed by atoms with Crippen molar-refractivity contribution in [1.82, 2.24) is 9.99 Å². The Kier molecular flexibility index (Phi) is 15.5. The number of hydrogen-bond donors (Lipinski definition) is 1. The second-order valence-electron chi connectivity index (χ2n) is 9.40. The Labute approximate surface area is 229 Å². The van der Waals surface area contributed by atoms with Crippen LogP contribution in [-0.2, 0) is 41.7 Å². The van der Waals surface area contributed by atoms with E-state index in [1.54, 1.807) is 13.8 Å². The van der Waals surface area contributed by atoms with Crippen LogP contribution in [0.3, 0.4) is 0 Å². The van der Waals surface area contributed by atoms with Gasteiger partial charge in [0, 0.05) is 32.4 Å². The fourth-order valence-electron chi connectivity index (χ4n) is 4.23. The quantitative estimate of drug-likeness (QED) is 0.117. The lowest BCUT2D eigenvalue weighted by molar-refractivity contribution is -0.155. The van der Waals surface area contributed by atoms with E-state index in [1.165, 1.54) is 13.8 Å². The van der Waals surface area contributed by atoms with Gasteiger partial charge in [-0.1, -0.05) is 0 Å². The lowest BCUT2D eigenvalue weighted by Gasteiger charge is -2.37. The lowest BCUT2D eigenvalue weighted by Crippen LogP contribution is -2.50. The van der Waals surface area contributed by atoms with Crippen molar-refractivity contribution in [2.75, 3.05) is 19.8 Å². The minimum absolute atomic E-state index is 0.0540. The number of nitrogens with one attached hydrogen (secondary N) is 1. The fraction of sp³-hybridized carbons (Fsp3) is 0.870. The average Bonchev–Trinajstić information content (AvgIpc) is 3.15. The molecule has 1 amide bonds. The highest BCUT2D eigenvalue weighted by molar-refractivity contribution is 7.54. The van der Waals surface area contributed by atoms with Gasteiger partial charge in [-0.25, -0.2) is 4.67 Å². The van der Waals surface area contributed by atoms with Crippen molar-refractivity contribution in [3.63, 3.8) is 0 Å². The maximum absolute atomic E-state index is 13.8. The summed E-state index contributed by atoms with van der Waals surface area (Å²) in [5, 5.41) is 11.6. The van der Waals surface area contributed by atoms with Crippen LogP contribution in [0.25, 0.3) is 0 Å². The van der Waals surface area contributed by atoms with Crippen LogP contribution in [0, 0.1) is 11.3 Å². The van der Waals surface area contributed by atoms with Crippen molar-refractivity contribution >= 4 is 35.8 Å². The maximum Gasteiger partial charge on any atom is 0.356 e. The molecule has 0 aliphatic carbocycles. The van der Waals surface area contributed by atoms with Crippen LogP contribution in [0.1, 0.15) is 68.2 Å². The predicted octanol–water partition coefficient (Wildman–Crippen LogP) is 3.06. The van der Waals surface area contributed by atoms with Crippen molar-refractivity contribution < 1.29 is 41.7 Å². The molecule has 0 bridgehead atoms. The van der Waals surface area contributed by atoms with E-state index in [2.05, 4.69) is 16.1 Å². The van der Waals surface area contributed by atoms with E-state index in [0.29, 0.717) is 0 Å². The van der Waals surface area contributed by atoms with Crippen LogP contribution in [0.5, 0.6) is 0 Å². The monoisotopic (exact) mass is 579 g/mol. The third-order valence-corrected chi connectivity index (χ3v) is 10.1. The van der Waals surface area contributed by atoms with Crippen LogP contribution in [-0.4, -0.2) is 86.4 Å². The van der Waals surface area contributed by atoms with Gasteiger partial charge in [0.15, 0.2) is 11.9 Å². The smallest absolute Gasteiger partial charge is 0.356 e. The van der Waals surface area contributed by atoms with E-state index in [4.69, 9.17) is 32.8 Å². The Balaban J connectivity index is 3.33. The second-order valence-corrected chi connectivity index (χ2v) is 13.0. The molecule has 1 heterocycles. The molecule has 1 saturated heterocycles. The van der Waals surface area contributed by atoms with Crippen molar-refractivity contribution in [3.8, 4) is 6.07 Å². The molecule has 0 spiro atoms. The first-order chi connectivity index (χ1) is 17.8. The van der Waals surface area contributed by atoms with Crippen molar-refractivity contribution in [1.29, 1.82) is 5.26 Å². The molecule has 0 aromatic heterocycles. The normalized spacial score (nSPS) is 22.3. The maximum atomic E-state index is 13.8. The molecule has 1 fully saturated rings. The van der Waals surface area contributed by atoms with Crippen LogP contribution in [0.15, 0.2) is 0 Å². The number of rotatable bonds is 17. The minimum atomic E-state index is -3.96. The fourth-order valence-corrected chi connectivity index (χ4v) is 8.09. The number of carbonyl (C=O) groups is 2. The summed E-state index contributed by atoms with van der Waals surface area (Å²) in [7, 11) is -3.69. The summed E-state index contributed by atoms with van der Waals surface area (Å²) in [5.74, 6) is -2.43. The van der Waals surface area contributed by atoms with Crippen molar-refractivity contribution in [2.24, 2.45) is 0 Å². The molecule has 1 aliphatic rings. The second kappa shape index (κ2) is 16.9. The summed E-state index contributed by atoms with van der Waals surface area (Å²) in [4.78, 5) is 24.3. The Bertz CT molecular complexity index is 827. The van der Waals surface area contributed by atoms with Gasteiger partial charge in [0.25, 0.3) is 8.53 Å². The third kappa shape index (κ3) is 10.5. The topological polar surface area (TPSA) is 146 Å². The van der Waals surface area contributed by atoms with E-state index in [1.807, 2.05) is 35.5 Å². The molecule has 6 atom stereocenters. The number of nitriles is 1. The van der Waals surface area contributed by atoms with Gasteiger partial charge in [0.2, 0.25) is 5.91 Å². The minimum Gasteiger partial charge on any atom is -0.457 e. The largest absolute Gasteiger partial charge is 0.457 e. The summed E-state index contributed by atoms with van der Waals surface area (Å²) in [6.45, 7) is 14.3. The zero-order valence-corrected chi connectivity index (χ0v) is 25.8. The standard InChI is InChI=1S/C23H44BN3O9P2/c1-9-32-38(30,33-10-2)23(26-17(7)28)21(34-18(8)29)19-14-20(22(24)35-19)36-37(31-13-11-12-25)27(15(3)4)16(5)6/h15-16,19-23H,9-11,13-14,24H2,1-8H3,(H,26,28)/t19-,20-,21?,22+,23?,37?/m0/s1. The summed E-state index contributed by atoms with van der Waals surface area (Å²) in [6, 6.07) is 1.85. The number of nitrogens with zero attached hydrogens (tertiary/aromatic N) is 2. The van der Waals surface area contributed by atoms with Gasteiger partial charge in [-0.2, -0.15) is 5.26 Å². The van der Waals surface area contributed by atoms with Gasteiger partial charge in [-0.3, -0.25) is 14.2 Å². The molecule has 38 heavy (non-hydrogen) atoms. The van der Waals surface area contributed by atoms with Crippen molar-refractivity contribution in [3.05, 3.63) is 0 Å². The van der Waals surface area contributed by atoms with E-state index < -0.39 is 58.1 Å². The van der Waals surface area contributed by atoms with Gasteiger partial charge in [0.1, 0.15) is 7.85 Å². The molecule has 1 N–H and O–H groups in total. The zero-order valence-electron chi connectivity index (χ0n) is 24.0. The summed E-state index contributed by atoms with van der Waals surface area (Å²) < 4.78 is 51.1. The SMILES string of the molecule is B[C@@H]1O[C@H](C(OC(C)=O)C(NC(C)=O)P(=O)(OCC)OCC)C[C@@H]1OP(OCCC#N)N(C(C)C)C(C)C. The van der Waals surface area contributed by atoms with Gasteiger partial charge in [0.05, 0.1) is 50.5 Å². The Hall–Kier alpha value is -1.09. The van der Waals surface area contributed by atoms with E-state index in [0.717, 1.165) is 0 Å². The molecule has 3 unspecified atom stereocenters. The summed E-state index contributed by atoms with van der Waals surface area (Å²) in [6.07, 6.45) is -1.94. The number of carbonyl (C=O) groups excluding carboxylic acids is 2. The Morgan fingerprint density at radius 2 is 1.76 bits per heavy atom. The summed E-state index contributed by atoms with van der Waals surface area (Å²) >= 11 is 0. The van der Waals surface area contributed by atoms with Gasteiger partial charge in [-0.05, 0) is 41.5 Å². The van der Waals surface area contributed by atoms with E-state index in [9.17, 15) is 14.2 Å². The highest BCUT2D eigenvalue weighted by Crippen LogP contribution is 2.55. The highest BCUT2D eigenvalue weighted by Gasteiger charge is 2.51. The number of amides is 1. The number of hydrogen-bond acceptors (Lipinski definition) is 11. The van der Waals surface area contributed by atoms with Crippen LogP contribution in [0.2, 0.25) is 0 Å². The molecule has 1 aliphatic heterocycles.